The fourth-order valence-corrected chi connectivity index (χ4v) is 2.82. The Bertz CT molecular complexity index is 916. The van der Waals surface area contributed by atoms with Crippen molar-refractivity contribution in [1.82, 2.24) is 0 Å². The van der Waals surface area contributed by atoms with Gasteiger partial charge in [0.2, 0.25) is 5.78 Å². The third-order valence-corrected chi connectivity index (χ3v) is 4.41. The molecule has 3 rings (SSSR count). The van der Waals surface area contributed by atoms with Gasteiger partial charge >= 0.3 is 5.97 Å². The van der Waals surface area contributed by atoms with Gasteiger partial charge in [0, 0.05) is 10.6 Å². The lowest BCUT2D eigenvalue weighted by molar-refractivity contribution is -0.147. The van der Waals surface area contributed by atoms with E-state index in [1.165, 1.54) is 7.11 Å². The maximum atomic E-state index is 12.6. The molecule has 6 heteroatoms. The van der Waals surface area contributed by atoms with Gasteiger partial charge in [-0.2, -0.15) is 0 Å². The highest BCUT2D eigenvalue weighted by molar-refractivity contribution is 6.32. The van der Waals surface area contributed by atoms with Crippen LogP contribution in [0, 0.1) is 6.92 Å². The van der Waals surface area contributed by atoms with Crippen molar-refractivity contribution in [2.75, 3.05) is 7.11 Å². The second kappa shape index (κ2) is 7.22. The van der Waals surface area contributed by atoms with E-state index in [1.807, 2.05) is 12.1 Å². The van der Waals surface area contributed by atoms with Crippen molar-refractivity contribution >= 4 is 29.4 Å². The van der Waals surface area contributed by atoms with E-state index in [9.17, 15) is 9.59 Å². The van der Waals surface area contributed by atoms with Gasteiger partial charge in [0.05, 0.1) is 12.7 Å². The minimum Gasteiger partial charge on any atom is -0.479 e. The molecule has 0 saturated carbocycles. The molecular weight excluding hydrogens is 356 g/mol. The zero-order valence-electron chi connectivity index (χ0n) is 14.5. The van der Waals surface area contributed by atoms with Gasteiger partial charge in [0.1, 0.15) is 11.5 Å². The van der Waals surface area contributed by atoms with Crippen LogP contribution in [0.3, 0.4) is 0 Å². The normalized spacial score (nSPS) is 15.4. The van der Waals surface area contributed by atoms with Crippen LogP contribution in [0.4, 0.5) is 0 Å². The molecule has 0 fully saturated rings. The highest BCUT2D eigenvalue weighted by atomic mass is 35.5. The average molecular weight is 373 g/mol. The number of halogens is 1. The molecule has 1 atom stereocenters. The number of hydrogen-bond donors (Lipinski definition) is 0. The van der Waals surface area contributed by atoms with Gasteiger partial charge in [0.25, 0.3) is 0 Å². The summed E-state index contributed by atoms with van der Waals surface area (Å²) >= 11 is 6.14. The summed E-state index contributed by atoms with van der Waals surface area (Å²) in [6.45, 7) is 3.36. The van der Waals surface area contributed by atoms with Crippen molar-refractivity contribution in [3.63, 3.8) is 0 Å². The summed E-state index contributed by atoms with van der Waals surface area (Å²) in [4.78, 5) is 24.1. The Kier molecular flexibility index (Phi) is 5.00. The molecule has 0 aromatic heterocycles. The highest BCUT2D eigenvalue weighted by Gasteiger charge is 2.31. The number of ether oxygens (including phenoxy) is 3. The molecule has 0 amide bonds. The number of carbonyl (C=O) groups is 2. The summed E-state index contributed by atoms with van der Waals surface area (Å²) in [6, 6.07) is 10.5. The molecule has 1 unspecified atom stereocenters. The zero-order valence-corrected chi connectivity index (χ0v) is 15.3. The smallest absolute Gasteiger partial charge is 0.346 e. The summed E-state index contributed by atoms with van der Waals surface area (Å²) in [5.74, 6) is 0.350. The first kappa shape index (κ1) is 18.0. The molecule has 0 spiro atoms. The zero-order chi connectivity index (χ0) is 18.8. The highest BCUT2D eigenvalue weighted by Crippen LogP contribution is 2.39. The van der Waals surface area contributed by atoms with Gasteiger partial charge in [-0.25, -0.2) is 4.79 Å². The molecule has 1 aliphatic rings. The molecule has 26 heavy (non-hydrogen) atoms. The number of fused-ring (bicyclic) bond motifs is 1. The van der Waals surface area contributed by atoms with E-state index >= 15 is 0 Å². The van der Waals surface area contributed by atoms with E-state index in [0.29, 0.717) is 33.2 Å². The van der Waals surface area contributed by atoms with Gasteiger partial charge < -0.3 is 14.2 Å². The molecule has 0 aliphatic carbocycles. The molecule has 0 saturated heterocycles. The third-order valence-electron chi connectivity index (χ3n) is 4.07. The first-order chi connectivity index (χ1) is 12.4. The van der Waals surface area contributed by atoms with Crippen LogP contribution in [-0.2, 0) is 9.53 Å². The number of rotatable bonds is 4. The maximum Gasteiger partial charge on any atom is 0.346 e. The number of ketones is 1. The number of hydrogen-bond acceptors (Lipinski definition) is 5. The SMILES string of the molecule is COC(=O)C(C)Oc1ccc2c(c1C)O/C(=C\c1ccccc1Cl)C2=O. The number of Topliss-reactive ketones (excluding diaryl/α,β-unsaturated/α-hetero) is 1. The average Bonchev–Trinajstić information content (AvgIpc) is 2.95. The van der Waals surface area contributed by atoms with Gasteiger partial charge in [-0.3, -0.25) is 4.79 Å². The van der Waals surface area contributed by atoms with Crippen LogP contribution in [0.5, 0.6) is 11.5 Å². The fourth-order valence-electron chi connectivity index (χ4n) is 2.63. The van der Waals surface area contributed by atoms with E-state index in [-0.39, 0.29) is 11.5 Å². The Labute approximate surface area is 156 Å². The van der Waals surface area contributed by atoms with Gasteiger partial charge in [-0.05, 0) is 43.7 Å². The van der Waals surface area contributed by atoms with E-state index in [2.05, 4.69) is 4.74 Å². The topological polar surface area (TPSA) is 61.8 Å². The quantitative estimate of drug-likeness (QED) is 0.594. The number of esters is 1. The predicted octanol–water partition coefficient (Wildman–Crippen LogP) is 4.20. The Morgan fingerprint density at radius 3 is 2.65 bits per heavy atom. The lowest BCUT2D eigenvalue weighted by Gasteiger charge is -2.15. The van der Waals surface area contributed by atoms with E-state index in [0.717, 1.165) is 0 Å². The van der Waals surface area contributed by atoms with Crippen LogP contribution in [0.15, 0.2) is 42.2 Å². The summed E-state index contributed by atoms with van der Waals surface area (Å²) in [6.07, 6.45) is 0.842. The minimum atomic E-state index is -0.771. The molecule has 1 aliphatic heterocycles. The molecule has 2 aromatic rings. The summed E-state index contributed by atoms with van der Waals surface area (Å²) in [5.41, 5.74) is 1.77. The van der Waals surface area contributed by atoms with E-state index in [4.69, 9.17) is 21.1 Å². The molecule has 1 heterocycles. The van der Waals surface area contributed by atoms with Crippen LogP contribution >= 0.6 is 11.6 Å². The van der Waals surface area contributed by atoms with Gasteiger partial charge in [-0.1, -0.05) is 29.8 Å². The Morgan fingerprint density at radius 2 is 1.96 bits per heavy atom. The van der Waals surface area contributed by atoms with E-state index < -0.39 is 12.1 Å². The lowest BCUT2D eigenvalue weighted by Crippen LogP contribution is -2.25. The molecule has 0 bridgehead atoms. The largest absolute Gasteiger partial charge is 0.479 e. The van der Waals surface area contributed by atoms with Crippen molar-refractivity contribution < 1.29 is 23.8 Å². The fraction of sp³-hybridized carbons (Fsp3) is 0.200. The first-order valence-electron chi connectivity index (χ1n) is 7.99. The molecule has 0 radical (unpaired) electrons. The first-order valence-corrected chi connectivity index (χ1v) is 8.37. The molecule has 2 aromatic carbocycles. The monoisotopic (exact) mass is 372 g/mol. The lowest BCUT2D eigenvalue weighted by atomic mass is 10.1. The second-order valence-corrected chi connectivity index (χ2v) is 6.22. The molecular formula is C20H17ClO5. The summed E-state index contributed by atoms with van der Waals surface area (Å²) in [7, 11) is 1.30. The van der Waals surface area contributed by atoms with Crippen molar-refractivity contribution in [3.05, 3.63) is 63.9 Å². The Balaban J connectivity index is 1.92. The van der Waals surface area contributed by atoms with Crippen LogP contribution < -0.4 is 9.47 Å². The predicted molar refractivity (Wildman–Crippen MR) is 97.7 cm³/mol. The number of allylic oxidation sites excluding steroid dienone is 1. The van der Waals surface area contributed by atoms with Crippen LogP contribution in [0.2, 0.25) is 5.02 Å². The van der Waals surface area contributed by atoms with Crippen molar-refractivity contribution in [2.24, 2.45) is 0 Å². The van der Waals surface area contributed by atoms with Crippen LogP contribution in [0.1, 0.15) is 28.4 Å². The number of carbonyl (C=O) groups excluding carboxylic acids is 2. The van der Waals surface area contributed by atoms with Gasteiger partial charge in [-0.15, -0.1) is 0 Å². The second-order valence-electron chi connectivity index (χ2n) is 5.81. The van der Waals surface area contributed by atoms with Crippen LogP contribution in [0.25, 0.3) is 6.08 Å². The van der Waals surface area contributed by atoms with Crippen molar-refractivity contribution in [2.45, 2.75) is 20.0 Å². The Morgan fingerprint density at radius 1 is 1.23 bits per heavy atom. The van der Waals surface area contributed by atoms with Gasteiger partial charge in [0.15, 0.2) is 11.9 Å². The standard InChI is InChI=1S/C20H17ClO5/c1-11-16(25-12(2)20(23)24-3)9-8-14-18(22)17(26-19(11)14)10-13-6-4-5-7-15(13)21/h4-10,12H,1-3H3/b17-10-. The molecule has 5 nitrogen and oxygen atoms in total. The minimum absolute atomic E-state index is 0.189. The molecule has 134 valence electrons. The van der Waals surface area contributed by atoms with E-state index in [1.54, 1.807) is 44.2 Å². The van der Waals surface area contributed by atoms with Crippen LogP contribution in [-0.4, -0.2) is 25.0 Å². The summed E-state index contributed by atoms with van der Waals surface area (Å²) < 4.78 is 16.1. The number of methoxy groups -OCH3 is 1. The Hall–Kier alpha value is -2.79. The number of benzene rings is 2. The maximum absolute atomic E-state index is 12.6. The third kappa shape index (κ3) is 3.30. The summed E-state index contributed by atoms with van der Waals surface area (Å²) in [5, 5.41) is 0.528. The van der Waals surface area contributed by atoms with Crippen molar-refractivity contribution in [1.29, 1.82) is 0 Å². The van der Waals surface area contributed by atoms with Crippen molar-refractivity contribution in [3.8, 4) is 11.5 Å². The molecule has 0 N–H and O–H groups in total.